The molecule has 5 nitrogen and oxygen atoms in total. The van der Waals surface area contributed by atoms with Gasteiger partial charge < -0.3 is 19.3 Å². The van der Waals surface area contributed by atoms with Crippen molar-refractivity contribution in [1.82, 2.24) is 0 Å². The van der Waals surface area contributed by atoms with Crippen LogP contribution in [-0.4, -0.2) is 41.3 Å². The monoisotopic (exact) mass is 360 g/mol. The van der Waals surface area contributed by atoms with E-state index in [0.29, 0.717) is 12.2 Å². The first kappa shape index (κ1) is 19.2. The van der Waals surface area contributed by atoms with E-state index in [1.165, 1.54) is 6.08 Å². The summed E-state index contributed by atoms with van der Waals surface area (Å²) in [5.41, 5.74) is -0.422. The van der Waals surface area contributed by atoms with Crippen molar-refractivity contribution in [3.8, 4) is 11.8 Å². The van der Waals surface area contributed by atoms with E-state index in [1.54, 1.807) is 13.8 Å². The molecule has 0 amide bonds. The second-order valence-corrected chi connectivity index (χ2v) is 7.91. The average molecular weight is 360 g/mol. The van der Waals surface area contributed by atoms with Gasteiger partial charge in [0, 0.05) is 23.0 Å². The number of esters is 1. The molecule has 1 N–H and O–H groups in total. The Morgan fingerprint density at radius 2 is 2.04 bits per heavy atom. The molecule has 1 aliphatic heterocycles. The van der Waals surface area contributed by atoms with E-state index in [4.69, 9.17) is 14.2 Å². The topological polar surface area (TPSA) is 65.0 Å². The SMILES string of the molecule is CCOC(=O)/C=C(/C)C#CC1(O)C(C)=CC2(OC(C)C(C)O2)C2CC21C. The second-order valence-electron chi connectivity index (χ2n) is 7.91. The number of aliphatic hydroxyl groups is 1. The van der Waals surface area contributed by atoms with E-state index in [2.05, 4.69) is 11.8 Å². The van der Waals surface area contributed by atoms with E-state index in [-0.39, 0.29) is 18.1 Å². The third-order valence-electron chi connectivity index (χ3n) is 6.00. The van der Waals surface area contributed by atoms with Crippen LogP contribution in [0.15, 0.2) is 23.3 Å². The van der Waals surface area contributed by atoms with Crippen molar-refractivity contribution in [1.29, 1.82) is 0 Å². The first-order valence-electron chi connectivity index (χ1n) is 9.24. The quantitative estimate of drug-likeness (QED) is 0.355. The first-order chi connectivity index (χ1) is 12.1. The lowest BCUT2D eigenvalue weighted by molar-refractivity contribution is -0.171. The summed E-state index contributed by atoms with van der Waals surface area (Å²) in [5.74, 6) is 4.80. The largest absolute Gasteiger partial charge is 0.463 e. The Bertz CT molecular complexity index is 729. The van der Waals surface area contributed by atoms with E-state index in [1.807, 2.05) is 33.8 Å². The fourth-order valence-electron chi connectivity index (χ4n) is 4.17. The molecule has 142 valence electrons. The highest BCUT2D eigenvalue weighted by Gasteiger charge is 2.75. The van der Waals surface area contributed by atoms with Gasteiger partial charge in [0.05, 0.1) is 18.8 Å². The third kappa shape index (κ3) is 2.81. The fourth-order valence-corrected chi connectivity index (χ4v) is 4.17. The smallest absolute Gasteiger partial charge is 0.331 e. The molecule has 3 rings (SSSR count). The number of allylic oxidation sites excluding steroid dienone is 1. The Hall–Kier alpha value is -1.61. The van der Waals surface area contributed by atoms with Crippen LogP contribution < -0.4 is 0 Å². The molecule has 2 aliphatic carbocycles. The van der Waals surface area contributed by atoms with E-state index in [9.17, 15) is 9.90 Å². The molecule has 0 aromatic heterocycles. The Labute approximate surface area is 155 Å². The highest BCUT2D eigenvalue weighted by Crippen LogP contribution is 2.70. The number of rotatable bonds is 2. The molecule has 1 heterocycles. The van der Waals surface area contributed by atoms with Gasteiger partial charge in [0.2, 0.25) is 0 Å². The zero-order valence-corrected chi connectivity index (χ0v) is 16.4. The van der Waals surface area contributed by atoms with Gasteiger partial charge in [0.1, 0.15) is 0 Å². The molecule has 1 saturated carbocycles. The van der Waals surface area contributed by atoms with Crippen molar-refractivity contribution in [2.75, 3.05) is 6.61 Å². The molecule has 5 heteroatoms. The zero-order chi connectivity index (χ0) is 19.3. The van der Waals surface area contributed by atoms with Crippen molar-refractivity contribution < 1.29 is 24.1 Å². The van der Waals surface area contributed by atoms with E-state index >= 15 is 0 Å². The normalized spacial score (nSPS) is 44.0. The lowest BCUT2D eigenvalue weighted by atomic mass is 9.73. The number of hydrogen-bond acceptors (Lipinski definition) is 5. The summed E-state index contributed by atoms with van der Waals surface area (Å²) in [6.45, 7) is 11.7. The van der Waals surface area contributed by atoms with Gasteiger partial charge in [-0.2, -0.15) is 0 Å². The number of ether oxygens (including phenoxy) is 3. The van der Waals surface area contributed by atoms with Gasteiger partial charge in [0.25, 0.3) is 0 Å². The minimum absolute atomic E-state index is 0.0101. The van der Waals surface area contributed by atoms with Crippen LogP contribution in [0.4, 0.5) is 0 Å². The molecule has 0 aromatic carbocycles. The maximum atomic E-state index is 11.5. The summed E-state index contributed by atoms with van der Waals surface area (Å²) in [5, 5.41) is 11.4. The minimum atomic E-state index is -1.27. The highest BCUT2D eigenvalue weighted by atomic mass is 16.8. The molecule has 2 fully saturated rings. The van der Waals surface area contributed by atoms with Crippen molar-refractivity contribution in [3.63, 3.8) is 0 Å². The number of carbonyl (C=O) groups excluding carboxylic acids is 1. The van der Waals surface area contributed by atoms with Crippen LogP contribution in [0, 0.1) is 23.2 Å². The lowest BCUT2D eigenvalue weighted by Crippen LogP contribution is -2.49. The summed E-state index contributed by atoms with van der Waals surface area (Å²) >= 11 is 0. The molecular formula is C21H28O5. The second kappa shape index (κ2) is 6.23. The highest BCUT2D eigenvalue weighted by molar-refractivity contribution is 5.83. The van der Waals surface area contributed by atoms with Crippen LogP contribution >= 0.6 is 0 Å². The summed E-state index contributed by atoms with van der Waals surface area (Å²) < 4.78 is 17.2. The number of carbonyl (C=O) groups is 1. The first-order valence-corrected chi connectivity index (χ1v) is 9.24. The van der Waals surface area contributed by atoms with E-state index < -0.39 is 22.8 Å². The molecule has 0 bridgehead atoms. The molecule has 1 saturated heterocycles. The zero-order valence-electron chi connectivity index (χ0n) is 16.4. The molecule has 5 atom stereocenters. The maximum Gasteiger partial charge on any atom is 0.331 e. The summed E-state index contributed by atoms with van der Waals surface area (Å²) in [4.78, 5) is 11.5. The van der Waals surface area contributed by atoms with Gasteiger partial charge in [-0.25, -0.2) is 4.79 Å². The van der Waals surface area contributed by atoms with Crippen LogP contribution in [0.3, 0.4) is 0 Å². The van der Waals surface area contributed by atoms with Gasteiger partial charge in [0.15, 0.2) is 11.4 Å². The Kier molecular flexibility index (Phi) is 4.59. The molecule has 5 unspecified atom stereocenters. The molecular weight excluding hydrogens is 332 g/mol. The molecule has 3 aliphatic rings. The fraction of sp³-hybridized carbons (Fsp3) is 0.667. The van der Waals surface area contributed by atoms with Gasteiger partial charge in [-0.1, -0.05) is 18.8 Å². The summed E-state index contributed by atoms with van der Waals surface area (Å²) in [7, 11) is 0. The molecule has 26 heavy (non-hydrogen) atoms. The Morgan fingerprint density at radius 1 is 1.42 bits per heavy atom. The molecule has 0 aromatic rings. The molecule has 0 radical (unpaired) electrons. The third-order valence-corrected chi connectivity index (χ3v) is 6.00. The van der Waals surface area contributed by atoms with Crippen LogP contribution in [0.2, 0.25) is 0 Å². The average Bonchev–Trinajstić information content (AvgIpc) is 3.18. The van der Waals surface area contributed by atoms with Crippen molar-refractivity contribution in [2.24, 2.45) is 11.3 Å². The van der Waals surface area contributed by atoms with Crippen molar-refractivity contribution in [3.05, 3.63) is 23.3 Å². The van der Waals surface area contributed by atoms with Gasteiger partial charge >= 0.3 is 5.97 Å². The predicted octanol–water partition coefficient (Wildman–Crippen LogP) is 2.74. The van der Waals surface area contributed by atoms with E-state index in [0.717, 1.165) is 12.0 Å². The van der Waals surface area contributed by atoms with Crippen LogP contribution in [-0.2, 0) is 19.0 Å². The van der Waals surface area contributed by atoms with Crippen LogP contribution in [0.1, 0.15) is 48.0 Å². The maximum absolute atomic E-state index is 11.5. The molecule has 1 spiro atoms. The number of hydrogen-bond donors (Lipinski definition) is 1. The standard InChI is InChI=1S/C21H28O5/c1-7-24-18(22)10-13(2)8-9-20(23)14(3)11-21(17-12-19(17,20)6)25-15(4)16(5)26-21/h10-11,15-17,23H,7,12H2,1-6H3/b13-10-. The van der Waals surface area contributed by atoms with Gasteiger partial charge in [-0.3, -0.25) is 0 Å². The summed E-state index contributed by atoms with van der Waals surface area (Å²) in [6, 6.07) is 0. The Morgan fingerprint density at radius 3 is 2.62 bits per heavy atom. The van der Waals surface area contributed by atoms with Crippen molar-refractivity contribution >= 4 is 5.97 Å². The minimum Gasteiger partial charge on any atom is -0.463 e. The number of fused-ring (bicyclic) bond motifs is 2. The van der Waals surface area contributed by atoms with Crippen LogP contribution in [0.25, 0.3) is 0 Å². The lowest BCUT2D eigenvalue weighted by Gasteiger charge is -2.41. The van der Waals surface area contributed by atoms with Gasteiger partial charge in [-0.15, -0.1) is 0 Å². The van der Waals surface area contributed by atoms with Crippen molar-refractivity contribution in [2.45, 2.75) is 71.6 Å². The summed E-state index contributed by atoms with van der Waals surface area (Å²) in [6.07, 6.45) is 4.03. The van der Waals surface area contributed by atoms with Crippen LogP contribution in [0.5, 0.6) is 0 Å². The Balaban J connectivity index is 1.90. The predicted molar refractivity (Wildman–Crippen MR) is 96.9 cm³/mol. The van der Waals surface area contributed by atoms with Gasteiger partial charge in [-0.05, 0) is 52.7 Å².